The summed E-state index contributed by atoms with van der Waals surface area (Å²) >= 11 is 3.38. The van der Waals surface area contributed by atoms with E-state index in [9.17, 15) is 13.7 Å². The highest BCUT2D eigenvalue weighted by Crippen LogP contribution is 2.37. The Morgan fingerprint density at radius 3 is 2.46 bits per heavy atom. The summed E-state index contributed by atoms with van der Waals surface area (Å²) in [5, 5.41) is 9.42. The Hall–Kier alpha value is -2.30. The third kappa shape index (κ3) is 4.26. The van der Waals surface area contributed by atoms with Crippen molar-refractivity contribution in [3.8, 4) is 17.6 Å². The molecule has 0 amide bonds. The lowest BCUT2D eigenvalue weighted by molar-refractivity contribution is 0.310. The van der Waals surface area contributed by atoms with E-state index < -0.39 is 9.84 Å². The second kappa shape index (κ2) is 8.39. The molecule has 0 aromatic heterocycles. The second-order valence-electron chi connectivity index (χ2n) is 5.40. The van der Waals surface area contributed by atoms with Crippen molar-refractivity contribution in [2.24, 2.45) is 0 Å². The molecule has 0 spiro atoms. The molecule has 0 aliphatic carbocycles. The molecule has 0 aliphatic rings. The number of hydrogen-bond donors (Lipinski definition) is 0. The van der Waals surface area contributed by atoms with Gasteiger partial charge in [0.05, 0.1) is 23.1 Å². The van der Waals surface area contributed by atoms with E-state index in [1.165, 1.54) is 25.3 Å². The van der Waals surface area contributed by atoms with Crippen LogP contribution < -0.4 is 9.47 Å². The van der Waals surface area contributed by atoms with Crippen LogP contribution in [0.15, 0.2) is 50.7 Å². The van der Waals surface area contributed by atoms with Crippen LogP contribution in [0, 0.1) is 18.3 Å². The van der Waals surface area contributed by atoms with Crippen molar-refractivity contribution in [1.82, 2.24) is 0 Å². The predicted octanol–water partition coefficient (Wildman–Crippen LogP) is 4.50. The Balaban J connectivity index is 2.55. The molecule has 2 aromatic rings. The number of methoxy groups -OCH3 is 1. The Bertz CT molecular complexity index is 974. The number of benzene rings is 2. The number of halogens is 1. The maximum Gasteiger partial charge on any atom is 0.216 e. The molecule has 0 saturated carbocycles. The highest BCUT2D eigenvalue weighted by molar-refractivity contribution is 9.10. The summed E-state index contributed by atoms with van der Waals surface area (Å²) in [7, 11) is -2.39. The van der Waals surface area contributed by atoms with Crippen LogP contribution in [0.4, 0.5) is 0 Å². The minimum atomic E-state index is -3.91. The average Bonchev–Trinajstić information content (AvgIpc) is 2.60. The fourth-order valence-electron chi connectivity index (χ4n) is 2.30. The number of nitriles is 1. The van der Waals surface area contributed by atoms with Gasteiger partial charge in [-0.2, -0.15) is 5.26 Å². The third-order valence-electron chi connectivity index (χ3n) is 3.56. The SMILES string of the molecule is CCOc1cc(/C=C(\C#N)S(=O)(=O)c2ccc(C)cc2)cc(Br)c1OC. The lowest BCUT2D eigenvalue weighted by Gasteiger charge is -2.12. The Morgan fingerprint density at radius 1 is 1.27 bits per heavy atom. The zero-order valence-corrected chi connectivity index (χ0v) is 17.0. The smallest absolute Gasteiger partial charge is 0.216 e. The van der Waals surface area contributed by atoms with Gasteiger partial charge in [-0.1, -0.05) is 17.7 Å². The van der Waals surface area contributed by atoms with Crippen molar-refractivity contribution in [3.63, 3.8) is 0 Å². The van der Waals surface area contributed by atoms with Crippen molar-refractivity contribution in [2.75, 3.05) is 13.7 Å². The molecule has 2 rings (SSSR count). The van der Waals surface area contributed by atoms with Gasteiger partial charge < -0.3 is 9.47 Å². The summed E-state index contributed by atoms with van der Waals surface area (Å²) in [5.74, 6) is 0.963. The van der Waals surface area contributed by atoms with Gasteiger partial charge in [0.15, 0.2) is 11.5 Å². The first-order valence-electron chi connectivity index (χ1n) is 7.77. The van der Waals surface area contributed by atoms with Gasteiger partial charge in [0.1, 0.15) is 11.0 Å². The minimum Gasteiger partial charge on any atom is -0.492 e. The van der Waals surface area contributed by atoms with E-state index in [0.717, 1.165) is 5.56 Å². The van der Waals surface area contributed by atoms with Crippen molar-refractivity contribution in [2.45, 2.75) is 18.7 Å². The number of nitrogens with zero attached hydrogens (tertiary/aromatic N) is 1. The average molecular weight is 436 g/mol. The first kappa shape index (κ1) is 20.0. The Labute approximate surface area is 161 Å². The molecule has 5 nitrogen and oxygen atoms in total. The topological polar surface area (TPSA) is 76.4 Å². The van der Waals surface area contributed by atoms with Gasteiger partial charge >= 0.3 is 0 Å². The van der Waals surface area contributed by atoms with Crippen LogP contribution in [0.25, 0.3) is 6.08 Å². The van der Waals surface area contributed by atoms with Gasteiger partial charge in [-0.15, -0.1) is 0 Å². The van der Waals surface area contributed by atoms with Crippen molar-refractivity contribution < 1.29 is 17.9 Å². The molecule has 7 heteroatoms. The van der Waals surface area contributed by atoms with Gasteiger partial charge in [0.25, 0.3) is 0 Å². The van der Waals surface area contributed by atoms with Crippen LogP contribution in [-0.2, 0) is 9.84 Å². The molecule has 0 saturated heterocycles. The summed E-state index contributed by atoms with van der Waals surface area (Å²) in [5.41, 5.74) is 1.44. The van der Waals surface area contributed by atoms with Gasteiger partial charge in [-0.05, 0) is 65.7 Å². The Kier molecular flexibility index (Phi) is 6.46. The fraction of sp³-hybridized carbons (Fsp3) is 0.211. The van der Waals surface area contributed by atoms with Gasteiger partial charge in [0.2, 0.25) is 9.84 Å². The first-order valence-corrected chi connectivity index (χ1v) is 10.0. The zero-order valence-electron chi connectivity index (χ0n) is 14.6. The zero-order chi connectivity index (χ0) is 19.3. The molecule has 0 bridgehead atoms. The predicted molar refractivity (Wildman–Crippen MR) is 104 cm³/mol. The van der Waals surface area contributed by atoms with Crippen LogP contribution in [-0.4, -0.2) is 22.1 Å². The Morgan fingerprint density at radius 2 is 1.92 bits per heavy atom. The van der Waals surface area contributed by atoms with E-state index in [-0.39, 0.29) is 9.80 Å². The highest BCUT2D eigenvalue weighted by Gasteiger charge is 2.21. The molecule has 0 heterocycles. The normalized spacial score (nSPS) is 11.7. The van der Waals surface area contributed by atoms with Crippen molar-refractivity contribution in [1.29, 1.82) is 5.26 Å². The number of aryl methyl sites for hydroxylation is 1. The lowest BCUT2D eigenvalue weighted by atomic mass is 10.2. The highest BCUT2D eigenvalue weighted by atomic mass is 79.9. The second-order valence-corrected chi connectivity index (χ2v) is 8.18. The van der Waals surface area contributed by atoms with E-state index >= 15 is 0 Å². The maximum atomic E-state index is 12.7. The summed E-state index contributed by atoms with van der Waals surface area (Å²) in [6.07, 6.45) is 1.32. The molecular weight excluding hydrogens is 418 g/mol. The van der Waals surface area contributed by atoms with Crippen LogP contribution in [0.5, 0.6) is 11.5 Å². The lowest BCUT2D eigenvalue weighted by Crippen LogP contribution is -2.04. The summed E-state index contributed by atoms with van der Waals surface area (Å²) < 4.78 is 36.9. The summed E-state index contributed by atoms with van der Waals surface area (Å²) in [4.78, 5) is -0.269. The molecular formula is C19H18BrNO4S. The van der Waals surface area contributed by atoms with Gasteiger partial charge in [-0.25, -0.2) is 8.42 Å². The molecule has 0 unspecified atom stereocenters. The molecule has 0 N–H and O–H groups in total. The van der Waals surface area contributed by atoms with E-state index in [0.29, 0.717) is 28.1 Å². The molecule has 136 valence electrons. The van der Waals surface area contributed by atoms with Crippen molar-refractivity contribution >= 4 is 31.8 Å². The van der Waals surface area contributed by atoms with Crippen LogP contribution in [0.3, 0.4) is 0 Å². The molecule has 0 radical (unpaired) electrons. The number of hydrogen-bond acceptors (Lipinski definition) is 5. The van der Waals surface area contributed by atoms with E-state index in [2.05, 4.69) is 15.9 Å². The molecule has 26 heavy (non-hydrogen) atoms. The van der Waals surface area contributed by atoms with E-state index in [1.807, 2.05) is 13.8 Å². The van der Waals surface area contributed by atoms with Crippen molar-refractivity contribution in [3.05, 3.63) is 56.9 Å². The number of ether oxygens (including phenoxy) is 2. The monoisotopic (exact) mass is 435 g/mol. The molecule has 2 aromatic carbocycles. The van der Waals surface area contributed by atoms with Crippen LogP contribution in [0.1, 0.15) is 18.1 Å². The maximum absolute atomic E-state index is 12.7. The quantitative estimate of drug-likeness (QED) is 0.623. The largest absolute Gasteiger partial charge is 0.492 e. The first-order chi connectivity index (χ1) is 12.3. The molecule has 0 aliphatic heterocycles. The number of allylic oxidation sites excluding steroid dienone is 1. The van der Waals surface area contributed by atoms with Gasteiger partial charge in [-0.3, -0.25) is 0 Å². The molecule has 0 fully saturated rings. The number of rotatable bonds is 6. The fourth-order valence-corrected chi connectivity index (χ4v) is 4.08. The van der Waals surface area contributed by atoms with Gasteiger partial charge in [0, 0.05) is 0 Å². The standard InChI is InChI=1S/C19H18BrNO4S/c1-4-25-18-11-14(10-17(20)19(18)24-3)9-16(12-21)26(22,23)15-7-5-13(2)6-8-15/h5-11H,4H2,1-3H3/b16-9+. The molecule has 0 atom stereocenters. The third-order valence-corrected chi connectivity index (χ3v) is 5.83. The van der Waals surface area contributed by atoms with E-state index in [4.69, 9.17) is 9.47 Å². The van der Waals surface area contributed by atoms with Crippen LogP contribution in [0.2, 0.25) is 0 Å². The number of sulfone groups is 1. The minimum absolute atomic E-state index is 0.0773. The van der Waals surface area contributed by atoms with Crippen LogP contribution >= 0.6 is 15.9 Å². The summed E-state index contributed by atoms with van der Waals surface area (Å²) in [6, 6.07) is 11.5. The summed E-state index contributed by atoms with van der Waals surface area (Å²) in [6.45, 7) is 4.11. The van der Waals surface area contributed by atoms with E-state index in [1.54, 1.807) is 30.3 Å².